The molecule has 96 valence electrons. The van der Waals surface area contributed by atoms with Gasteiger partial charge in [0.2, 0.25) is 5.13 Å². The minimum absolute atomic E-state index is 0.0545. The minimum atomic E-state index is -0.174. The van der Waals surface area contributed by atoms with Crippen LogP contribution in [0.5, 0.6) is 0 Å². The van der Waals surface area contributed by atoms with Crippen LogP contribution in [0.25, 0.3) is 0 Å². The van der Waals surface area contributed by atoms with Crippen LogP contribution in [0, 0.1) is 6.92 Å². The molecule has 0 bridgehead atoms. The van der Waals surface area contributed by atoms with E-state index in [4.69, 9.17) is 0 Å². The van der Waals surface area contributed by atoms with Crippen molar-refractivity contribution in [2.75, 3.05) is 5.32 Å². The van der Waals surface area contributed by atoms with E-state index in [1.165, 1.54) is 22.7 Å². The summed E-state index contributed by atoms with van der Waals surface area (Å²) < 4.78 is 0. The van der Waals surface area contributed by atoms with Gasteiger partial charge in [-0.05, 0) is 6.92 Å². The van der Waals surface area contributed by atoms with E-state index in [1.54, 1.807) is 5.51 Å². The molecule has 0 unspecified atom stereocenters. The van der Waals surface area contributed by atoms with Crippen molar-refractivity contribution in [2.24, 2.45) is 0 Å². The first-order valence-corrected chi connectivity index (χ1v) is 7.13. The first-order valence-electron chi connectivity index (χ1n) is 5.43. The van der Waals surface area contributed by atoms with Gasteiger partial charge in [-0.15, -0.1) is 21.5 Å². The van der Waals surface area contributed by atoms with E-state index in [-0.39, 0.29) is 11.3 Å². The molecule has 7 heteroatoms. The van der Waals surface area contributed by atoms with Crippen molar-refractivity contribution in [1.82, 2.24) is 15.2 Å². The molecule has 1 amide bonds. The standard InChI is InChI=1S/C11H14N4OS2/c1-6-7(17-5-12-6)8(16)13-10-15-14-9(18-10)11(2,3)4/h5H,1-4H3,(H,13,15,16). The van der Waals surface area contributed by atoms with Crippen LogP contribution in [0.4, 0.5) is 5.13 Å². The maximum atomic E-state index is 12.0. The van der Waals surface area contributed by atoms with E-state index >= 15 is 0 Å². The van der Waals surface area contributed by atoms with Crippen LogP contribution in [0.3, 0.4) is 0 Å². The number of nitrogens with zero attached hydrogens (tertiary/aromatic N) is 3. The monoisotopic (exact) mass is 282 g/mol. The number of carbonyl (C=O) groups excluding carboxylic acids is 1. The number of anilines is 1. The lowest BCUT2D eigenvalue weighted by molar-refractivity contribution is 0.102. The number of thiazole rings is 1. The number of aromatic nitrogens is 3. The van der Waals surface area contributed by atoms with Crippen LogP contribution in [0.1, 0.15) is 41.1 Å². The summed E-state index contributed by atoms with van der Waals surface area (Å²) >= 11 is 2.72. The second kappa shape index (κ2) is 4.74. The zero-order valence-corrected chi connectivity index (χ0v) is 12.3. The molecule has 0 aliphatic heterocycles. The lowest BCUT2D eigenvalue weighted by Gasteiger charge is -2.12. The Balaban J connectivity index is 2.13. The molecule has 5 nitrogen and oxygen atoms in total. The third-order valence-electron chi connectivity index (χ3n) is 2.24. The average Bonchev–Trinajstić information content (AvgIpc) is 2.85. The van der Waals surface area contributed by atoms with E-state index in [1.807, 2.05) is 6.92 Å². The molecule has 0 saturated carbocycles. The molecule has 2 aromatic rings. The molecule has 2 heterocycles. The van der Waals surface area contributed by atoms with Crippen molar-refractivity contribution in [3.05, 3.63) is 21.1 Å². The smallest absolute Gasteiger partial charge is 0.269 e. The highest BCUT2D eigenvalue weighted by atomic mass is 32.1. The van der Waals surface area contributed by atoms with Crippen molar-refractivity contribution in [3.63, 3.8) is 0 Å². The van der Waals surface area contributed by atoms with Gasteiger partial charge in [-0.2, -0.15) is 0 Å². The van der Waals surface area contributed by atoms with E-state index < -0.39 is 0 Å². The summed E-state index contributed by atoms with van der Waals surface area (Å²) in [6.07, 6.45) is 0. The van der Waals surface area contributed by atoms with Crippen molar-refractivity contribution >= 4 is 33.7 Å². The highest BCUT2D eigenvalue weighted by Gasteiger charge is 2.20. The number of nitrogens with one attached hydrogen (secondary N) is 1. The lowest BCUT2D eigenvalue weighted by Crippen LogP contribution is -2.11. The molecule has 0 radical (unpaired) electrons. The van der Waals surface area contributed by atoms with Gasteiger partial charge in [-0.25, -0.2) is 4.98 Å². The summed E-state index contributed by atoms with van der Waals surface area (Å²) in [6, 6.07) is 0. The van der Waals surface area contributed by atoms with E-state index in [2.05, 4.69) is 41.3 Å². The Morgan fingerprint density at radius 1 is 1.33 bits per heavy atom. The van der Waals surface area contributed by atoms with Gasteiger partial charge in [-0.1, -0.05) is 32.1 Å². The first kappa shape index (κ1) is 13.1. The summed E-state index contributed by atoms with van der Waals surface area (Å²) in [5, 5.41) is 12.3. The first-order chi connectivity index (χ1) is 8.38. The average molecular weight is 282 g/mol. The van der Waals surface area contributed by atoms with Crippen molar-refractivity contribution in [3.8, 4) is 0 Å². The van der Waals surface area contributed by atoms with Crippen LogP contribution in [0.15, 0.2) is 5.51 Å². The quantitative estimate of drug-likeness (QED) is 0.919. The maximum Gasteiger partial charge on any atom is 0.269 e. The predicted molar refractivity (Wildman–Crippen MR) is 73.4 cm³/mol. The van der Waals surface area contributed by atoms with Crippen LogP contribution < -0.4 is 5.32 Å². The summed E-state index contributed by atoms with van der Waals surface area (Å²) in [6.45, 7) is 8.00. The second-order valence-corrected chi connectivity index (χ2v) is 6.72. The van der Waals surface area contributed by atoms with Crippen LogP contribution in [0.2, 0.25) is 0 Å². The van der Waals surface area contributed by atoms with Gasteiger partial charge in [0.1, 0.15) is 9.88 Å². The molecule has 2 aromatic heterocycles. The number of amides is 1. The fourth-order valence-corrected chi connectivity index (χ4v) is 2.74. The number of rotatable bonds is 2. The molecule has 1 N–H and O–H groups in total. The largest absolute Gasteiger partial charge is 0.296 e. The Morgan fingerprint density at radius 3 is 2.56 bits per heavy atom. The molecule has 0 aromatic carbocycles. The normalized spacial score (nSPS) is 11.6. The van der Waals surface area contributed by atoms with Gasteiger partial charge < -0.3 is 0 Å². The highest BCUT2D eigenvalue weighted by Crippen LogP contribution is 2.28. The fraction of sp³-hybridized carbons (Fsp3) is 0.455. The third-order valence-corrected chi connectivity index (χ3v) is 4.43. The van der Waals surface area contributed by atoms with Gasteiger partial charge in [0.25, 0.3) is 5.91 Å². The molecular weight excluding hydrogens is 268 g/mol. The van der Waals surface area contributed by atoms with Gasteiger partial charge in [-0.3, -0.25) is 10.1 Å². The molecule has 0 saturated heterocycles. The maximum absolute atomic E-state index is 12.0. The fourth-order valence-electron chi connectivity index (χ4n) is 1.25. The van der Waals surface area contributed by atoms with Crippen molar-refractivity contribution in [1.29, 1.82) is 0 Å². The van der Waals surface area contributed by atoms with E-state index in [0.717, 1.165) is 10.7 Å². The van der Waals surface area contributed by atoms with Crippen LogP contribution in [-0.2, 0) is 5.41 Å². The summed E-state index contributed by atoms with van der Waals surface area (Å²) in [7, 11) is 0. The number of aryl methyl sites for hydroxylation is 1. The van der Waals surface area contributed by atoms with Crippen molar-refractivity contribution < 1.29 is 4.79 Å². The summed E-state index contributed by atoms with van der Waals surface area (Å²) in [5.74, 6) is -0.174. The Labute approximate surface area is 113 Å². The zero-order valence-electron chi connectivity index (χ0n) is 10.6. The Morgan fingerprint density at radius 2 is 2.06 bits per heavy atom. The van der Waals surface area contributed by atoms with Gasteiger partial charge in [0.15, 0.2) is 0 Å². The molecular formula is C11H14N4OS2. The van der Waals surface area contributed by atoms with Gasteiger partial charge in [0, 0.05) is 5.41 Å². The van der Waals surface area contributed by atoms with Crippen LogP contribution >= 0.6 is 22.7 Å². The zero-order chi connectivity index (χ0) is 13.3. The minimum Gasteiger partial charge on any atom is -0.296 e. The lowest BCUT2D eigenvalue weighted by atomic mass is 9.98. The molecule has 2 rings (SSSR count). The molecule has 0 spiro atoms. The van der Waals surface area contributed by atoms with Gasteiger partial charge in [0.05, 0.1) is 11.2 Å². The number of hydrogen-bond donors (Lipinski definition) is 1. The second-order valence-electron chi connectivity index (χ2n) is 4.88. The Kier molecular flexibility index (Phi) is 3.45. The Hall–Kier alpha value is -1.34. The number of carbonyl (C=O) groups is 1. The Bertz CT molecular complexity index is 568. The molecule has 0 aliphatic carbocycles. The van der Waals surface area contributed by atoms with Gasteiger partial charge >= 0.3 is 0 Å². The van der Waals surface area contributed by atoms with E-state index in [9.17, 15) is 4.79 Å². The highest BCUT2D eigenvalue weighted by molar-refractivity contribution is 7.16. The van der Waals surface area contributed by atoms with Crippen LogP contribution in [-0.4, -0.2) is 21.1 Å². The topological polar surface area (TPSA) is 67.8 Å². The summed E-state index contributed by atoms with van der Waals surface area (Å²) in [5.41, 5.74) is 2.34. The summed E-state index contributed by atoms with van der Waals surface area (Å²) in [4.78, 5) is 16.6. The third kappa shape index (κ3) is 2.73. The predicted octanol–water partition coefficient (Wildman–Crippen LogP) is 2.85. The SMILES string of the molecule is Cc1ncsc1C(=O)Nc1nnc(C(C)(C)C)s1. The van der Waals surface area contributed by atoms with Crippen molar-refractivity contribution in [2.45, 2.75) is 33.1 Å². The van der Waals surface area contributed by atoms with E-state index in [0.29, 0.717) is 10.0 Å². The number of hydrogen-bond acceptors (Lipinski definition) is 6. The molecule has 0 fully saturated rings. The molecule has 0 aliphatic rings. The molecule has 0 atom stereocenters. The molecule has 18 heavy (non-hydrogen) atoms.